The lowest BCUT2D eigenvalue weighted by Crippen LogP contribution is -2.46. The van der Waals surface area contributed by atoms with Crippen LogP contribution in [-0.4, -0.2) is 40.5 Å². The van der Waals surface area contributed by atoms with Gasteiger partial charge in [-0.15, -0.1) is 0 Å². The zero-order valence-corrected chi connectivity index (χ0v) is 16.9. The molecular weight excluding hydrogens is 430 g/mol. The first-order valence-electron chi connectivity index (χ1n) is 9.49. The third-order valence-electron chi connectivity index (χ3n) is 4.61. The number of nitro groups is 1. The van der Waals surface area contributed by atoms with Gasteiger partial charge >= 0.3 is 11.9 Å². The van der Waals surface area contributed by atoms with Crippen LogP contribution in [0.25, 0.3) is 0 Å². The van der Waals surface area contributed by atoms with Crippen molar-refractivity contribution in [2.24, 2.45) is 0 Å². The zero-order valence-electron chi connectivity index (χ0n) is 16.9. The fourth-order valence-electron chi connectivity index (χ4n) is 3.09. The second-order valence-corrected chi connectivity index (χ2v) is 6.72. The molecule has 0 aromatic heterocycles. The average Bonchev–Trinajstić information content (AvgIpc) is 2.73. The number of ether oxygens (including phenoxy) is 1. The summed E-state index contributed by atoms with van der Waals surface area (Å²) < 4.78 is 32.5. The van der Waals surface area contributed by atoms with Gasteiger partial charge in [0.15, 0.2) is 0 Å². The van der Waals surface area contributed by atoms with Crippen molar-refractivity contribution in [2.45, 2.75) is 31.7 Å². The molecule has 1 amide bonds. The number of carbonyl (C=O) groups is 3. The van der Waals surface area contributed by atoms with Crippen LogP contribution in [0.3, 0.4) is 0 Å². The SMILES string of the molecule is CCOC(=O)C[C@H](c1ccc([N+](=O)[O-])cc1)[C@H](NC(=O)Cc1c(F)cccc1F)C(=O)O. The Labute approximate surface area is 181 Å². The second kappa shape index (κ2) is 10.9. The molecule has 0 saturated carbocycles. The van der Waals surface area contributed by atoms with Gasteiger partial charge in [-0.2, -0.15) is 0 Å². The van der Waals surface area contributed by atoms with Crippen molar-refractivity contribution in [3.63, 3.8) is 0 Å². The van der Waals surface area contributed by atoms with E-state index in [1.54, 1.807) is 6.92 Å². The van der Waals surface area contributed by atoms with Gasteiger partial charge in [-0.3, -0.25) is 19.7 Å². The summed E-state index contributed by atoms with van der Waals surface area (Å²) in [5.41, 5.74) is -0.575. The minimum absolute atomic E-state index is 0.0302. The Morgan fingerprint density at radius 1 is 1.12 bits per heavy atom. The predicted molar refractivity (Wildman–Crippen MR) is 107 cm³/mol. The van der Waals surface area contributed by atoms with E-state index >= 15 is 0 Å². The molecule has 0 heterocycles. The summed E-state index contributed by atoms with van der Waals surface area (Å²) in [6, 6.07) is 6.15. The number of carboxylic acids is 1. The van der Waals surface area contributed by atoms with Crippen LogP contribution in [-0.2, 0) is 25.5 Å². The molecule has 0 radical (unpaired) electrons. The third-order valence-corrected chi connectivity index (χ3v) is 4.61. The predicted octanol–water partition coefficient (Wildman–Crippen LogP) is 2.72. The van der Waals surface area contributed by atoms with Crippen LogP contribution >= 0.6 is 0 Å². The Bertz CT molecular complexity index is 991. The minimum Gasteiger partial charge on any atom is -0.480 e. The van der Waals surface area contributed by atoms with Gasteiger partial charge < -0.3 is 15.2 Å². The maximum atomic E-state index is 13.8. The van der Waals surface area contributed by atoms with Crippen LogP contribution in [0, 0.1) is 21.7 Å². The highest BCUT2D eigenvalue weighted by atomic mass is 19.1. The van der Waals surface area contributed by atoms with Crippen molar-refractivity contribution in [1.82, 2.24) is 5.32 Å². The topological polar surface area (TPSA) is 136 Å². The molecule has 11 heteroatoms. The number of nitrogens with one attached hydrogen (secondary N) is 1. The van der Waals surface area contributed by atoms with Crippen LogP contribution < -0.4 is 5.32 Å². The van der Waals surface area contributed by atoms with Crippen LogP contribution in [0.2, 0.25) is 0 Å². The summed E-state index contributed by atoms with van der Waals surface area (Å²) >= 11 is 0. The molecule has 2 N–H and O–H groups in total. The summed E-state index contributed by atoms with van der Waals surface area (Å²) in [4.78, 5) is 46.6. The number of non-ortho nitro benzene ring substituents is 1. The molecule has 0 aliphatic carbocycles. The van der Waals surface area contributed by atoms with Crippen LogP contribution in [0.4, 0.5) is 14.5 Å². The number of hydrogen-bond donors (Lipinski definition) is 2. The second-order valence-electron chi connectivity index (χ2n) is 6.72. The van der Waals surface area contributed by atoms with E-state index in [1.807, 2.05) is 0 Å². The molecule has 2 aromatic rings. The zero-order chi connectivity index (χ0) is 23.8. The fraction of sp³-hybridized carbons (Fsp3) is 0.286. The lowest BCUT2D eigenvalue weighted by molar-refractivity contribution is -0.384. The van der Waals surface area contributed by atoms with Crippen molar-refractivity contribution >= 4 is 23.5 Å². The number of carboxylic acid groups (broad SMARTS) is 1. The number of nitro benzene ring substituents is 1. The number of rotatable bonds is 10. The Morgan fingerprint density at radius 3 is 2.22 bits per heavy atom. The van der Waals surface area contributed by atoms with Gasteiger partial charge in [0.2, 0.25) is 5.91 Å². The first-order valence-corrected chi connectivity index (χ1v) is 9.49. The van der Waals surface area contributed by atoms with Gasteiger partial charge in [-0.25, -0.2) is 13.6 Å². The van der Waals surface area contributed by atoms with E-state index in [9.17, 15) is 38.4 Å². The monoisotopic (exact) mass is 450 g/mol. The number of halogens is 2. The lowest BCUT2D eigenvalue weighted by Gasteiger charge is -2.25. The van der Waals surface area contributed by atoms with E-state index in [0.29, 0.717) is 0 Å². The van der Waals surface area contributed by atoms with Crippen molar-refractivity contribution in [3.05, 3.63) is 75.3 Å². The van der Waals surface area contributed by atoms with Crippen LogP contribution in [0.5, 0.6) is 0 Å². The van der Waals surface area contributed by atoms with Gasteiger partial charge in [0.05, 0.1) is 24.4 Å². The highest BCUT2D eigenvalue weighted by Gasteiger charge is 2.34. The highest BCUT2D eigenvalue weighted by molar-refractivity contribution is 5.86. The van der Waals surface area contributed by atoms with Gasteiger partial charge in [0.1, 0.15) is 17.7 Å². The molecule has 170 valence electrons. The normalized spacial score (nSPS) is 12.5. The molecule has 2 aromatic carbocycles. The number of benzene rings is 2. The Hall–Kier alpha value is -3.89. The molecule has 0 bridgehead atoms. The Balaban J connectivity index is 2.33. The van der Waals surface area contributed by atoms with E-state index in [1.165, 1.54) is 12.1 Å². The van der Waals surface area contributed by atoms with Crippen LogP contribution in [0.1, 0.15) is 30.4 Å². The highest BCUT2D eigenvalue weighted by Crippen LogP contribution is 2.27. The van der Waals surface area contributed by atoms with Crippen molar-refractivity contribution < 1.29 is 37.9 Å². The molecule has 0 aliphatic rings. The van der Waals surface area contributed by atoms with Gasteiger partial charge in [0.25, 0.3) is 5.69 Å². The van der Waals surface area contributed by atoms with Crippen LogP contribution in [0.15, 0.2) is 42.5 Å². The van der Waals surface area contributed by atoms with Crippen molar-refractivity contribution in [3.8, 4) is 0 Å². The lowest BCUT2D eigenvalue weighted by atomic mass is 9.88. The molecule has 2 rings (SSSR count). The molecule has 0 aliphatic heterocycles. The molecule has 0 unspecified atom stereocenters. The van der Waals surface area contributed by atoms with E-state index in [2.05, 4.69) is 5.32 Å². The Morgan fingerprint density at radius 2 is 1.72 bits per heavy atom. The summed E-state index contributed by atoms with van der Waals surface area (Å²) in [7, 11) is 0. The number of carbonyl (C=O) groups excluding carboxylic acids is 2. The van der Waals surface area contributed by atoms with E-state index in [-0.39, 0.29) is 17.9 Å². The van der Waals surface area contributed by atoms with Gasteiger partial charge in [-0.1, -0.05) is 18.2 Å². The van der Waals surface area contributed by atoms with Gasteiger partial charge in [-0.05, 0) is 24.6 Å². The largest absolute Gasteiger partial charge is 0.480 e. The number of amides is 1. The average molecular weight is 450 g/mol. The number of nitrogens with zero attached hydrogens (tertiary/aromatic N) is 1. The van der Waals surface area contributed by atoms with E-state index in [0.717, 1.165) is 30.3 Å². The number of hydrogen-bond acceptors (Lipinski definition) is 6. The quantitative estimate of drug-likeness (QED) is 0.323. The maximum Gasteiger partial charge on any atom is 0.326 e. The maximum absolute atomic E-state index is 13.8. The molecule has 0 saturated heterocycles. The summed E-state index contributed by atoms with van der Waals surface area (Å²) in [6.07, 6.45) is -1.23. The molecule has 0 fully saturated rings. The van der Waals surface area contributed by atoms with E-state index < -0.39 is 64.8 Å². The Kier molecular flexibility index (Phi) is 8.33. The molecule has 32 heavy (non-hydrogen) atoms. The molecule has 0 spiro atoms. The minimum atomic E-state index is -1.68. The van der Waals surface area contributed by atoms with Gasteiger partial charge in [0, 0.05) is 23.6 Å². The number of aliphatic carboxylic acids is 1. The third kappa shape index (κ3) is 6.30. The molecule has 9 nitrogen and oxygen atoms in total. The summed E-state index contributed by atoms with van der Waals surface area (Å²) in [6.45, 7) is 1.58. The number of esters is 1. The molecule has 2 atom stereocenters. The van der Waals surface area contributed by atoms with Crippen molar-refractivity contribution in [2.75, 3.05) is 6.61 Å². The van der Waals surface area contributed by atoms with Crippen molar-refractivity contribution in [1.29, 1.82) is 0 Å². The summed E-state index contributed by atoms with van der Waals surface area (Å²) in [5.74, 6) is -6.36. The summed E-state index contributed by atoms with van der Waals surface area (Å²) in [5, 5.41) is 22.8. The fourth-order valence-corrected chi connectivity index (χ4v) is 3.09. The first kappa shape index (κ1) is 24.4. The standard InChI is InChI=1S/C21H20F2N2O7/c1-2-32-19(27)11-14(12-6-8-13(9-7-12)25(30)31)20(21(28)29)24-18(26)10-15-16(22)4-3-5-17(15)23/h3-9,14,20H,2,10-11H2,1H3,(H,24,26)(H,28,29)/t14-,20+/m1/s1. The molecular formula is C21H20F2N2O7. The smallest absolute Gasteiger partial charge is 0.326 e. The first-order chi connectivity index (χ1) is 15.1. The van der Waals surface area contributed by atoms with E-state index in [4.69, 9.17) is 4.74 Å².